The van der Waals surface area contributed by atoms with E-state index in [0.717, 1.165) is 4.20 Å². The van der Waals surface area contributed by atoms with Crippen LogP contribution in [0.4, 0.5) is 0 Å². The molecule has 0 unspecified atom stereocenters. The molecule has 0 amide bonds. The van der Waals surface area contributed by atoms with Crippen molar-refractivity contribution in [3.8, 4) is 0 Å². The smallest absolute Gasteiger partial charge is 0.0133 e. The van der Waals surface area contributed by atoms with Crippen molar-refractivity contribution in [2.24, 2.45) is 0 Å². The van der Waals surface area contributed by atoms with Gasteiger partial charge in [0.1, 0.15) is 0 Å². The molecule has 0 N–H and O–H groups in total. The molecule has 8 heavy (non-hydrogen) atoms. The maximum absolute atomic E-state index is 4.81. The average molecular weight is 400 g/mol. The van der Waals surface area contributed by atoms with Crippen LogP contribution in [0.3, 0.4) is 0 Å². The predicted molar refractivity (Wildman–Crippen MR) is 40.5 cm³/mol. The quantitative estimate of drug-likeness (QED) is 0.491. The number of hydrogen-bond acceptors (Lipinski definition) is 2. The second-order valence-electron chi connectivity index (χ2n) is 1.50. The van der Waals surface area contributed by atoms with Gasteiger partial charge in [0, 0.05) is 4.20 Å². The van der Waals surface area contributed by atoms with Crippen molar-refractivity contribution in [2.45, 2.75) is 20.8 Å². The molecule has 0 aliphatic carbocycles. The first-order valence-electron chi connectivity index (χ1n) is 2.11. The summed E-state index contributed by atoms with van der Waals surface area (Å²) in [5.74, 6) is 0. The molecule has 0 bridgehead atoms. The van der Waals surface area contributed by atoms with Gasteiger partial charge in [0.15, 0.2) is 0 Å². The molecule has 0 aliphatic heterocycles. The molecule has 0 nitrogen and oxygen atoms in total. The molecule has 3 heteroatoms. The number of thiocarbonyl (C=S) groups is 1. The molecule has 0 aliphatic rings. The summed E-state index contributed by atoms with van der Waals surface area (Å²) in [4.78, 5) is 0. The largest absolute Gasteiger partial charge is 0.307 e. The van der Waals surface area contributed by atoms with Crippen LogP contribution < -0.4 is 0 Å². The van der Waals surface area contributed by atoms with Gasteiger partial charge < -0.3 is 11.8 Å². The van der Waals surface area contributed by atoms with Crippen LogP contribution in [-0.4, -0.2) is 4.20 Å². The van der Waals surface area contributed by atoms with Crippen LogP contribution in [0.15, 0.2) is 0 Å². The van der Waals surface area contributed by atoms with Crippen molar-refractivity contribution in [2.75, 3.05) is 0 Å². The second-order valence-corrected chi connectivity index (χ2v) is 4.01. The van der Waals surface area contributed by atoms with Crippen molar-refractivity contribution < 1.29 is 0 Å². The molecule has 0 atom stereocenters. The Morgan fingerprint density at radius 1 is 1.50 bits per heavy atom. The van der Waals surface area contributed by atoms with E-state index in [2.05, 4.69) is 13.8 Å². The number of rotatable bonds is 1. The maximum atomic E-state index is 4.81. The molecule has 0 radical (unpaired) electrons. The minimum Gasteiger partial charge on any atom is -0.307 e. The summed E-state index contributed by atoms with van der Waals surface area (Å²) in [5.41, 5.74) is 0. The van der Waals surface area contributed by atoms with Crippen molar-refractivity contribution in [1.29, 1.82) is 0 Å². The molecular weight excluding hydrogens is 391 g/mol. The van der Waals surface area contributed by atoms with E-state index >= 15 is 0 Å². The molecule has 0 fully saturated rings. The first kappa shape index (κ1) is 10.4. The summed E-state index contributed by atoms with van der Waals surface area (Å²) >= 11 is 6.47. The van der Waals surface area contributed by atoms with E-state index in [-0.39, 0.29) is 0 Å². The van der Waals surface area contributed by atoms with E-state index in [1.807, 2.05) is 6.92 Å². The van der Waals surface area contributed by atoms with Gasteiger partial charge >= 0.3 is 0 Å². The van der Waals surface area contributed by atoms with E-state index in [1.165, 1.54) is 5.25 Å². The Bertz CT molecular complexity index is 70.8. The van der Waals surface area contributed by atoms with E-state index < -0.39 is 0 Å². The van der Waals surface area contributed by atoms with Gasteiger partial charge in [-0.1, -0.05) is 12.2 Å². The fourth-order valence-electron chi connectivity index (χ4n) is 0.287. The molecule has 0 spiro atoms. The minimum absolute atomic E-state index is 0. The van der Waals surface area contributed by atoms with Gasteiger partial charge in [0.25, 0.3) is 0 Å². The van der Waals surface area contributed by atoms with Crippen LogP contribution >= 0.6 is 24.0 Å². The van der Waals surface area contributed by atoms with Crippen LogP contribution in [0.25, 0.3) is 0 Å². The summed E-state index contributed by atoms with van der Waals surface area (Å²) in [6, 6.07) is 0. The van der Waals surface area contributed by atoms with Crippen molar-refractivity contribution in [3.05, 3.63) is 5.25 Å². The first-order valence-corrected chi connectivity index (χ1v) is 3.34. The zero-order valence-corrected chi connectivity index (χ0v) is 13.6. The number of thioether (sulfide) groups is 1. The van der Waals surface area contributed by atoms with Crippen LogP contribution in [0.2, 0.25) is 0 Å². The molecule has 0 saturated carbocycles. The third-order valence-electron chi connectivity index (χ3n) is 0.348. The van der Waals surface area contributed by atoms with Gasteiger partial charge in [-0.2, -0.15) is 13.8 Å². The summed E-state index contributed by atoms with van der Waals surface area (Å²) in [5, 5.41) is 1.31. The van der Waals surface area contributed by atoms with Gasteiger partial charge in [-0.3, -0.25) is 5.25 Å². The number of hydrogen-bond donors (Lipinski definition) is 0. The van der Waals surface area contributed by atoms with Gasteiger partial charge in [-0.15, -0.1) is 0 Å². The first-order chi connectivity index (χ1) is 3.13. The third kappa shape index (κ3) is 9.06. The Morgan fingerprint density at radius 3 is 1.88 bits per heavy atom. The van der Waals surface area contributed by atoms with Gasteiger partial charge in [-0.25, -0.2) is 0 Å². The van der Waals surface area contributed by atoms with Crippen LogP contribution in [0.1, 0.15) is 20.8 Å². The van der Waals surface area contributed by atoms with Crippen molar-refractivity contribution in [1.82, 2.24) is 0 Å². The normalized spacial score (nSPS) is 8.50. The zero-order valence-electron chi connectivity index (χ0n) is 5.52. The SMILES string of the molecule is CC(=S)S[C-](C)C.[Rf]. The Hall–Kier alpha value is -0.560. The summed E-state index contributed by atoms with van der Waals surface area (Å²) < 4.78 is 1.00. The monoisotopic (exact) mass is 400 g/mol. The summed E-state index contributed by atoms with van der Waals surface area (Å²) in [7, 11) is 0. The molecular formula is C5H9RfS2-. The summed E-state index contributed by atoms with van der Waals surface area (Å²) in [6.07, 6.45) is 0. The van der Waals surface area contributed by atoms with E-state index in [0.29, 0.717) is 0 Å². The van der Waals surface area contributed by atoms with Crippen molar-refractivity contribution >= 4 is 28.2 Å². The van der Waals surface area contributed by atoms with E-state index in [4.69, 9.17) is 12.2 Å². The predicted octanol–water partition coefficient (Wildman–Crippen LogP) is 2.64. The van der Waals surface area contributed by atoms with Gasteiger partial charge in [-0.05, 0) is 6.92 Å². The van der Waals surface area contributed by atoms with Crippen LogP contribution in [0.5, 0.6) is 0 Å². The fraction of sp³-hybridized carbons (Fsp3) is 0.600. The Kier molecular flexibility index (Phi) is 5.99. The molecule has 0 heterocycles. The Labute approximate surface area is 54.7 Å². The fourth-order valence-corrected chi connectivity index (χ4v) is 1.36. The van der Waals surface area contributed by atoms with Gasteiger partial charge in [0.2, 0.25) is 0 Å². The molecule has 0 saturated heterocycles. The standard InChI is InChI=1S/C5H9S2.Rf/c1-4(2)7-5(3)6;/h1-3H3;/q-1;. The van der Waals surface area contributed by atoms with E-state index in [1.54, 1.807) is 11.8 Å². The Balaban J connectivity index is 0. The average Bonchev–Trinajstić information content (AvgIpc) is 1.27. The van der Waals surface area contributed by atoms with E-state index in [9.17, 15) is 0 Å². The van der Waals surface area contributed by atoms with Crippen LogP contribution in [-0.2, 0) is 0 Å². The molecule has 0 rings (SSSR count). The Morgan fingerprint density at radius 2 is 1.88 bits per heavy atom. The van der Waals surface area contributed by atoms with Crippen molar-refractivity contribution in [3.63, 3.8) is 0 Å². The molecule has 0 aromatic rings. The topological polar surface area (TPSA) is 0 Å². The van der Waals surface area contributed by atoms with Gasteiger partial charge in [0.05, 0.1) is 0 Å². The maximum Gasteiger partial charge on any atom is 0.0133 e. The minimum atomic E-state index is 0. The molecule has 0 aromatic carbocycles. The molecule has 0 aromatic heterocycles. The molecule has 44 valence electrons. The summed E-state index contributed by atoms with van der Waals surface area (Å²) in [6.45, 7) is 6.05. The van der Waals surface area contributed by atoms with Crippen LogP contribution in [0, 0.1) is 5.25 Å². The zero-order chi connectivity index (χ0) is 5.86. The second kappa shape index (κ2) is 4.60. The third-order valence-corrected chi connectivity index (χ3v) is 1.29.